The van der Waals surface area contributed by atoms with Crippen LogP contribution in [0, 0.1) is 12.3 Å². The number of carboxylic acid groups (broad SMARTS) is 1. The summed E-state index contributed by atoms with van der Waals surface area (Å²) in [5, 5.41) is 14.9. The van der Waals surface area contributed by atoms with Gasteiger partial charge in [0.2, 0.25) is 5.82 Å². The molecular formula is C21H28N6O5. The number of carbonyl (C=O) groups is 3. The third kappa shape index (κ3) is 4.29. The number of carbonyl (C=O) groups excluding carboxylic acids is 2. The Labute approximate surface area is 185 Å². The Bertz CT molecular complexity index is 994. The van der Waals surface area contributed by atoms with Crippen molar-refractivity contribution in [3.63, 3.8) is 0 Å². The number of nitrogens with zero attached hydrogens (tertiary/aromatic N) is 6. The molecule has 3 aliphatic heterocycles. The number of hydrogen-bond acceptors (Lipinski definition) is 8. The summed E-state index contributed by atoms with van der Waals surface area (Å²) >= 11 is 0. The molecule has 11 nitrogen and oxygen atoms in total. The fourth-order valence-corrected chi connectivity index (χ4v) is 4.90. The Balaban J connectivity index is 0.000000775. The van der Waals surface area contributed by atoms with E-state index < -0.39 is 5.41 Å². The second kappa shape index (κ2) is 9.19. The summed E-state index contributed by atoms with van der Waals surface area (Å²) in [6.07, 6.45) is 6.27. The zero-order chi connectivity index (χ0) is 22.7. The van der Waals surface area contributed by atoms with Gasteiger partial charge in [0, 0.05) is 37.9 Å². The van der Waals surface area contributed by atoms with E-state index in [1.165, 1.54) is 12.8 Å². The average Bonchev–Trinajstić information content (AvgIpc) is 3.49. The highest BCUT2D eigenvalue weighted by Gasteiger charge is 2.51. The summed E-state index contributed by atoms with van der Waals surface area (Å²) in [4.78, 5) is 42.5. The van der Waals surface area contributed by atoms with E-state index in [0.29, 0.717) is 31.7 Å². The maximum Gasteiger partial charge on any atom is 0.312 e. The lowest BCUT2D eigenvalue weighted by molar-refractivity contribution is -0.151. The van der Waals surface area contributed by atoms with Crippen molar-refractivity contribution in [2.45, 2.75) is 45.1 Å². The van der Waals surface area contributed by atoms with Crippen LogP contribution in [0.25, 0.3) is 5.78 Å². The fraction of sp³-hybridized carbons (Fsp3) is 0.619. The van der Waals surface area contributed by atoms with Gasteiger partial charge in [0.1, 0.15) is 6.10 Å². The quantitative estimate of drug-likeness (QED) is 0.539. The van der Waals surface area contributed by atoms with Crippen LogP contribution in [0.15, 0.2) is 12.3 Å². The third-order valence-corrected chi connectivity index (χ3v) is 6.60. The predicted molar refractivity (Wildman–Crippen MR) is 112 cm³/mol. The number of amides is 1. The van der Waals surface area contributed by atoms with Crippen LogP contribution in [0.5, 0.6) is 0 Å². The molecule has 2 aromatic heterocycles. The average molecular weight is 444 g/mol. The van der Waals surface area contributed by atoms with Crippen molar-refractivity contribution in [3.8, 4) is 0 Å². The van der Waals surface area contributed by atoms with E-state index in [2.05, 4.69) is 20.1 Å². The molecule has 3 aliphatic rings. The first-order chi connectivity index (χ1) is 15.5. The van der Waals surface area contributed by atoms with Gasteiger partial charge in [0.05, 0.1) is 5.41 Å². The van der Waals surface area contributed by atoms with Gasteiger partial charge in [-0.3, -0.25) is 23.7 Å². The summed E-state index contributed by atoms with van der Waals surface area (Å²) < 4.78 is 7.36. The SMILES string of the molecule is Cc1ccn2c(C(=O)N3CCC4(CC3)CC(CN3CCCC3)OC4=O)nnc2n1.O=CO. The first-order valence-corrected chi connectivity index (χ1v) is 10.9. The van der Waals surface area contributed by atoms with E-state index in [1.54, 1.807) is 15.5 Å². The summed E-state index contributed by atoms with van der Waals surface area (Å²) in [6, 6.07) is 1.83. The molecule has 0 aromatic carbocycles. The topological polar surface area (TPSA) is 130 Å². The lowest BCUT2D eigenvalue weighted by atomic mass is 9.76. The molecule has 11 heteroatoms. The van der Waals surface area contributed by atoms with Crippen LogP contribution in [0.3, 0.4) is 0 Å². The molecule has 5 heterocycles. The highest BCUT2D eigenvalue weighted by atomic mass is 16.6. The summed E-state index contributed by atoms with van der Waals surface area (Å²) in [5.41, 5.74) is 0.388. The Kier molecular flexibility index (Phi) is 6.35. The Morgan fingerprint density at radius 2 is 1.94 bits per heavy atom. The van der Waals surface area contributed by atoms with Crippen molar-refractivity contribution in [2.24, 2.45) is 5.41 Å². The van der Waals surface area contributed by atoms with Crippen molar-refractivity contribution in [1.82, 2.24) is 29.4 Å². The first-order valence-electron chi connectivity index (χ1n) is 10.9. The molecule has 1 spiro atoms. The van der Waals surface area contributed by atoms with Gasteiger partial charge in [-0.1, -0.05) is 0 Å². The second-order valence-electron chi connectivity index (χ2n) is 8.68. The van der Waals surface area contributed by atoms with E-state index in [9.17, 15) is 9.59 Å². The number of rotatable bonds is 3. The molecule has 3 saturated heterocycles. The van der Waals surface area contributed by atoms with Gasteiger partial charge in [0.15, 0.2) is 0 Å². The second-order valence-corrected chi connectivity index (χ2v) is 8.68. The molecule has 0 saturated carbocycles. The van der Waals surface area contributed by atoms with Crippen molar-refractivity contribution < 1.29 is 24.2 Å². The van der Waals surface area contributed by atoms with Crippen LogP contribution < -0.4 is 0 Å². The molecular weight excluding hydrogens is 416 g/mol. The van der Waals surface area contributed by atoms with E-state index in [-0.39, 0.29) is 30.3 Å². The Morgan fingerprint density at radius 3 is 2.62 bits per heavy atom. The van der Waals surface area contributed by atoms with Crippen LogP contribution in [-0.4, -0.2) is 91.7 Å². The minimum Gasteiger partial charge on any atom is -0.483 e. The smallest absolute Gasteiger partial charge is 0.312 e. The van der Waals surface area contributed by atoms with Gasteiger partial charge < -0.3 is 14.7 Å². The monoisotopic (exact) mass is 444 g/mol. The predicted octanol–water partition coefficient (Wildman–Crippen LogP) is 0.767. The van der Waals surface area contributed by atoms with Gasteiger partial charge in [-0.05, 0) is 51.8 Å². The highest BCUT2D eigenvalue weighted by Crippen LogP contribution is 2.43. The lowest BCUT2D eigenvalue weighted by Crippen LogP contribution is -2.45. The maximum absolute atomic E-state index is 13.0. The molecule has 1 amide bonds. The Morgan fingerprint density at radius 1 is 1.25 bits per heavy atom. The maximum atomic E-state index is 13.0. The van der Waals surface area contributed by atoms with Crippen LogP contribution >= 0.6 is 0 Å². The highest BCUT2D eigenvalue weighted by molar-refractivity contribution is 5.91. The van der Waals surface area contributed by atoms with Gasteiger partial charge in [-0.15, -0.1) is 10.2 Å². The van der Waals surface area contributed by atoms with Gasteiger partial charge in [0.25, 0.3) is 18.2 Å². The first kappa shape index (κ1) is 22.1. The Hall–Kier alpha value is -3.08. The summed E-state index contributed by atoms with van der Waals surface area (Å²) in [5.74, 6) is 0.440. The molecule has 172 valence electrons. The third-order valence-electron chi connectivity index (χ3n) is 6.60. The summed E-state index contributed by atoms with van der Waals surface area (Å²) in [7, 11) is 0. The number of aryl methyl sites for hydroxylation is 1. The van der Waals surface area contributed by atoms with Crippen molar-refractivity contribution >= 4 is 24.1 Å². The van der Waals surface area contributed by atoms with Crippen molar-refractivity contribution in [3.05, 3.63) is 23.8 Å². The van der Waals surface area contributed by atoms with E-state index in [4.69, 9.17) is 14.6 Å². The van der Waals surface area contributed by atoms with Crippen molar-refractivity contribution in [1.29, 1.82) is 0 Å². The van der Waals surface area contributed by atoms with Gasteiger partial charge in [-0.25, -0.2) is 4.98 Å². The zero-order valence-corrected chi connectivity index (χ0v) is 18.1. The molecule has 32 heavy (non-hydrogen) atoms. The molecule has 2 aromatic rings. The lowest BCUT2D eigenvalue weighted by Gasteiger charge is -2.36. The molecule has 0 bridgehead atoms. The van der Waals surface area contributed by atoms with E-state index >= 15 is 0 Å². The number of ether oxygens (including phenoxy) is 1. The minimum absolute atomic E-state index is 0.0161. The zero-order valence-electron chi connectivity index (χ0n) is 18.1. The van der Waals surface area contributed by atoms with E-state index in [1.807, 2.05) is 13.0 Å². The number of likely N-dealkylation sites (tertiary alicyclic amines) is 2. The number of piperidine rings is 1. The molecule has 1 N–H and O–H groups in total. The van der Waals surface area contributed by atoms with Crippen molar-refractivity contribution in [2.75, 3.05) is 32.7 Å². The van der Waals surface area contributed by atoms with E-state index in [0.717, 1.165) is 31.7 Å². The summed E-state index contributed by atoms with van der Waals surface area (Å²) in [6.45, 7) is 5.72. The van der Waals surface area contributed by atoms with Crippen LogP contribution in [0.2, 0.25) is 0 Å². The normalized spacial score (nSPS) is 22.6. The molecule has 0 radical (unpaired) electrons. The molecule has 3 fully saturated rings. The number of cyclic esters (lactones) is 1. The fourth-order valence-electron chi connectivity index (χ4n) is 4.90. The molecule has 1 atom stereocenters. The van der Waals surface area contributed by atoms with Gasteiger partial charge in [-0.2, -0.15) is 0 Å². The molecule has 1 unspecified atom stereocenters. The van der Waals surface area contributed by atoms with Crippen LogP contribution in [0.4, 0.5) is 0 Å². The number of esters is 1. The molecule has 5 rings (SSSR count). The minimum atomic E-state index is -0.438. The number of hydrogen-bond donors (Lipinski definition) is 1. The molecule has 0 aliphatic carbocycles. The van der Waals surface area contributed by atoms with Crippen LogP contribution in [0.1, 0.15) is 48.4 Å². The standard InChI is InChI=1S/C20H26N6O3.CH2O2/c1-14-4-9-26-16(22-23-19(26)21-14)17(27)25-10-5-20(6-11-25)12-15(29-18(20)28)13-24-7-2-3-8-24;2-1-3/h4,9,15H,2-3,5-8,10-13H2,1H3;1H,(H,2,3). The number of fused-ring (bicyclic) bond motifs is 1. The van der Waals surface area contributed by atoms with Crippen LogP contribution in [-0.2, 0) is 14.3 Å². The number of aromatic nitrogens is 4. The largest absolute Gasteiger partial charge is 0.483 e. The van der Waals surface area contributed by atoms with Gasteiger partial charge >= 0.3 is 5.97 Å².